The molecule has 1 amide bonds. The average molecular weight is 394 g/mol. The standard InChI is InChI=1S/C16H22N6O4S/c1-11(15-18-20-21-19-15)17-16(23)13-5-3-4-6-14(13)26-12-7-9-22(10-8-12)27(2,24)25/h3-6,11-12H,7-10H2,1-2H3,(H,17,23)(H,18,19,20,21). The van der Waals surface area contributed by atoms with Gasteiger partial charge in [0.05, 0.1) is 17.9 Å². The van der Waals surface area contributed by atoms with E-state index in [2.05, 4.69) is 25.9 Å². The van der Waals surface area contributed by atoms with Crippen molar-refractivity contribution in [3.05, 3.63) is 35.7 Å². The average Bonchev–Trinajstić information content (AvgIpc) is 3.16. The summed E-state index contributed by atoms with van der Waals surface area (Å²) in [4.78, 5) is 12.6. The van der Waals surface area contributed by atoms with E-state index < -0.39 is 16.1 Å². The third-order valence-electron chi connectivity index (χ3n) is 4.39. The van der Waals surface area contributed by atoms with Gasteiger partial charge in [0.2, 0.25) is 10.0 Å². The van der Waals surface area contributed by atoms with Gasteiger partial charge in [0, 0.05) is 13.1 Å². The van der Waals surface area contributed by atoms with Crippen LogP contribution in [0.4, 0.5) is 0 Å². The number of benzene rings is 1. The van der Waals surface area contributed by atoms with Crippen molar-refractivity contribution in [2.24, 2.45) is 0 Å². The van der Waals surface area contributed by atoms with Gasteiger partial charge in [-0.3, -0.25) is 4.79 Å². The van der Waals surface area contributed by atoms with Crippen LogP contribution in [-0.2, 0) is 10.0 Å². The molecular formula is C16H22N6O4S. The van der Waals surface area contributed by atoms with Crippen LogP contribution in [-0.4, -0.2) is 64.7 Å². The molecule has 1 atom stereocenters. The van der Waals surface area contributed by atoms with Gasteiger partial charge in [-0.15, -0.1) is 10.2 Å². The van der Waals surface area contributed by atoms with Crippen molar-refractivity contribution in [1.29, 1.82) is 0 Å². The monoisotopic (exact) mass is 394 g/mol. The number of aromatic nitrogens is 4. The van der Waals surface area contributed by atoms with E-state index in [1.807, 2.05) is 0 Å². The maximum atomic E-state index is 12.6. The van der Waals surface area contributed by atoms with Gasteiger partial charge in [0.1, 0.15) is 11.9 Å². The van der Waals surface area contributed by atoms with Crippen LogP contribution in [0.1, 0.15) is 42.0 Å². The molecule has 1 saturated heterocycles. The highest BCUT2D eigenvalue weighted by Crippen LogP contribution is 2.24. The summed E-state index contributed by atoms with van der Waals surface area (Å²) < 4.78 is 30.7. The molecule has 2 aromatic rings. The van der Waals surface area contributed by atoms with Crippen molar-refractivity contribution in [3.63, 3.8) is 0 Å². The lowest BCUT2D eigenvalue weighted by molar-refractivity contribution is 0.0923. The Morgan fingerprint density at radius 3 is 2.67 bits per heavy atom. The fourth-order valence-corrected chi connectivity index (χ4v) is 3.78. The van der Waals surface area contributed by atoms with Crippen molar-refractivity contribution in [1.82, 2.24) is 30.2 Å². The van der Waals surface area contributed by atoms with Gasteiger partial charge in [-0.2, -0.15) is 5.21 Å². The summed E-state index contributed by atoms with van der Waals surface area (Å²) in [7, 11) is -3.18. The minimum Gasteiger partial charge on any atom is -0.489 e. The number of hydrogen-bond donors (Lipinski definition) is 2. The zero-order valence-electron chi connectivity index (χ0n) is 15.1. The molecule has 0 bridgehead atoms. The molecule has 2 N–H and O–H groups in total. The number of amides is 1. The summed E-state index contributed by atoms with van der Waals surface area (Å²) >= 11 is 0. The number of H-pyrrole nitrogens is 1. The first-order valence-corrected chi connectivity index (χ1v) is 10.4. The van der Waals surface area contributed by atoms with Gasteiger partial charge in [0.15, 0.2) is 5.82 Å². The number of aromatic amines is 1. The lowest BCUT2D eigenvalue weighted by Gasteiger charge is -2.30. The molecule has 27 heavy (non-hydrogen) atoms. The molecule has 1 aliphatic rings. The Labute approximate surface area is 157 Å². The highest BCUT2D eigenvalue weighted by atomic mass is 32.2. The van der Waals surface area contributed by atoms with E-state index in [1.54, 1.807) is 31.2 Å². The van der Waals surface area contributed by atoms with Crippen molar-refractivity contribution in [2.75, 3.05) is 19.3 Å². The molecule has 146 valence electrons. The second kappa shape index (κ2) is 8.01. The molecule has 2 heterocycles. The third kappa shape index (κ3) is 4.80. The lowest BCUT2D eigenvalue weighted by Crippen LogP contribution is -2.41. The predicted octanol–water partition coefficient (Wildman–Crippen LogP) is 0.493. The number of carbonyl (C=O) groups excluding carboxylic acids is 1. The molecular weight excluding hydrogens is 372 g/mol. The van der Waals surface area contributed by atoms with Crippen LogP contribution in [0, 0.1) is 0 Å². The molecule has 0 aliphatic carbocycles. The summed E-state index contributed by atoms with van der Waals surface area (Å²) in [5.74, 6) is 0.541. The number of sulfonamides is 1. The molecule has 1 fully saturated rings. The van der Waals surface area contributed by atoms with Crippen LogP contribution in [0.3, 0.4) is 0 Å². The number of piperidine rings is 1. The topological polar surface area (TPSA) is 130 Å². The van der Waals surface area contributed by atoms with Crippen LogP contribution < -0.4 is 10.1 Å². The molecule has 1 aromatic carbocycles. The van der Waals surface area contributed by atoms with Crippen molar-refractivity contribution in [3.8, 4) is 5.75 Å². The summed E-state index contributed by atoms with van der Waals surface area (Å²) in [6.07, 6.45) is 2.20. The number of carbonyl (C=O) groups is 1. The molecule has 0 saturated carbocycles. The first-order valence-electron chi connectivity index (χ1n) is 8.59. The minimum atomic E-state index is -3.18. The molecule has 1 aliphatic heterocycles. The number of hydrogen-bond acceptors (Lipinski definition) is 7. The third-order valence-corrected chi connectivity index (χ3v) is 5.70. The van der Waals surface area contributed by atoms with E-state index in [0.717, 1.165) is 0 Å². The van der Waals surface area contributed by atoms with E-state index in [4.69, 9.17) is 4.74 Å². The second-order valence-corrected chi connectivity index (χ2v) is 8.42. The van der Waals surface area contributed by atoms with E-state index >= 15 is 0 Å². The van der Waals surface area contributed by atoms with Crippen molar-refractivity contribution >= 4 is 15.9 Å². The molecule has 1 aromatic heterocycles. The van der Waals surface area contributed by atoms with E-state index in [1.165, 1.54) is 10.6 Å². The Kier molecular flexibility index (Phi) is 5.71. The number of tetrazole rings is 1. The van der Waals surface area contributed by atoms with Gasteiger partial charge < -0.3 is 10.1 Å². The maximum Gasteiger partial charge on any atom is 0.255 e. The fourth-order valence-electron chi connectivity index (χ4n) is 2.91. The maximum absolute atomic E-state index is 12.6. The molecule has 11 heteroatoms. The highest BCUT2D eigenvalue weighted by Gasteiger charge is 2.27. The van der Waals surface area contributed by atoms with Crippen LogP contribution in [0.5, 0.6) is 5.75 Å². The Balaban J connectivity index is 1.65. The minimum absolute atomic E-state index is 0.147. The molecule has 0 radical (unpaired) electrons. The fraction of sp³-hybridized carbons (Fsp3) is 0.500. The number of para-hydroxylation sites is 1. The van der Waals surface area contributed by atoms with E-state index in [0.29, 0.717) is 43.1 Å². The van der Waals surface area contributed by atoms with Gasteiger partial charge in [-0.1, -0.05) is 17.3 Å². The first kappa shape index (κ1) is 19.2. The molecule has 1 unspecified atom stereocenters. The normalized spacial score (nSPS) is 17.4. The van der Waals surface area contributed by atoms with Crippen molar-refractivity contribution < 1.29 is 17.9 Å². The first-order chi connectivity index (χ1) is 12.8. The molecule has 3 rings (SSSR count). The van der Waals surface area contributed by atoms with Crippen LogP contribution in [0.2, 0.25) is 0 Å². The quantitative estimate of drug-likeness (QED) is 0.729. The zero-order chi connectivity index (χ0) is 19.4. The SMILES string of the molecule is CC(NC(=O)c1ccccc1OC1CCN(S(C)(=O)=O)CC1)c1nn[nH]n1. The van der Waals surface area contributed by atoms with E-state index in [-0.39, 0.29) is 12.0 Å². The number of nitrogens with one attached hydrogen (secondary N) is 2. The molecule has 0 spiro atoms. The van der Waals surface area contributed by atoms with Crippen LogP contribution in [0.15, 0.2) is 24.3 Å². The summed E-state index contributed by atoms with van der Waals surface area (Å²) in [5, 5.41) is 16.4. The summed E-state index contributed by atoms with van der Waals surface area (Å²) in [5.41, 5.74) is 0.401. The van der Waals surface area contributed by atoms with E-state index in [9.17, 15) is 13.2 Å². The summed E-state index contributed by atoms with van der Waals surface area (Å²) in [6, 6.07) is 6.55. The Morgan fingerprint density at radius 2 is 2.04 bits per heavy atom. The number of ether oxygens (including phenoxy) is 1. The largest absolute Gasteiger partial charge is 0.489 e. The second-order valence-electron chi connectivity index (χ2n) is 6.44. The van der Waals surface area contributed by atoms with Gasteiger partial charge in [-0.05, 0) is 31.9 Å². The Bertz CT molecular complexity index is 878. The number of rotatable bonds is 6. The number of nitrogens with zero attached hydrogens (tertiary/aromatic N) is 4. The lowest BCUT2D eigenvalue weighted by atomic mass is 10.1. The molecule has 10 nitrogen and oxygen atoms in total. The van der Waals surface area contributed by atoms with Gasteiger partial charge >= 0.3 is 0 Å². The van der Waals surface area contributed by atoms with Crippen molar-refractivity contribution in [2.45, 2.75) is 31.9 Å². The van der Waals surface area contributed by atoms with Gasteiger partial charge in [-0.25, -0.2) is 12.7 Å². The van der Waals surface area contributed by atoms with Crippen LogP contribution >= 0.6 is 0 Å². The van der Waals surface area contributed by atoms with Gasteiger partial charge in [0.25, 0.3) is 5.91 Å². The Hall–Kier alpha value is -2.53. The zero-order valence-corrected chi connectivity index (χ0v) is 15.9. The smallest absolute Gasteiger partial charge is 0.255 e. The predicted molar refractivity (Wildman–Crippen MR) is 96.6 cm³/mol. The summed E-state index contributed by atoms with van der Waals surface area (Å²) in [6.45, 7) is 2.58. The highest BCUT2D eigenvalue weighted by molar-refractivity contribution is 7.88. The Morgan fingerprint density at radius 1 is 1.33 bits per heavy atom. The van der Waals surface area contributed by atoms with Crippen LogP contribution in [0.25, 0.3) is 0 Å².